The Morgan fingerprint density at radius 2 is 1.96 bits per heavy atom. The molecule has 7 nitrogen and oxygen atoms in total. The van der Waals surface area contributed by atoms with Crippen molar-refractivity contribution >= 4 is 17.5 Å². The number of carbonyl (C=O) groups is 2. The van der Waals surface area contributed by atoms with E-state index in [2.05, 4.69) is 15.5 Å². The van der Waals surface area contributed by atoms with Crippen LogP contribution in [0, 0.1) is 5.82 Å². The van der Waals surface area contributed by atoms with Crippen molar-refractivity contribution in [2.45, 2.75) is 25.4 Å². The fraction of sp³-hybridized carbons (Fsp3) is 0.350. The summed E-state index contributed by atoms with van der Waals surface area (Å²) in [6, 6.07) is 8.35. The smallest absolute Gasteiger partial charge is 0.263 e. The van der Waals surface area contributed by atoms with Crippen molar-refractivity contribution in [1.29, 1.82) is 0 Å². The molecular formula is C20H23FN4O3. The number of pyridine rings is 1. The molecule has 1 saturated heterocycles. The molecule has 148 valence electrons. The molecule has 0 bridgehead atoms. The Bertz CT molecular complexity index is 910. The fourth-order valence-electron chi connectivity index (χ4n) is 3.27. The van der Waals surface area contributed by atoms with Crippen LogP contribution in [-0.2, 0) is 11.3 Å². The highest BCUT2D eigenvalue weighted by molar-refractivity contribution is 5.94. The van der Waals surface area contributed by atoms with E-state index in [1.807, 2.05) is 7.05 Å². The second kappa shape index (κ2) is 8.79. The average molecular weight is 386 g/mol. The Morgan fingerprint density at radius 1 is 1.21 bits per heavy atom. The van der Waals surface area contributed by atoms with Crippen molar-refractivity contribution < 1.29 is 14.0 Å². The Morgan fingerprint density at radius 3 is 2.68 bits per heavy atom. The number of carbonyl (C=O) groups excluding carboxylic acids is 2. The Balaban J connectivity index is 1.66. The molecular weight excluding hydrogens is 363 g/mol. The number of anilines is 1. The normalized spacial score (nSPS) is 17.1. The molecule has 0 spiro atoms. The molecule has 2 N–H and O–H groups in total. The quantitative estimate of drug-likeness (QED) is 0.815. The van der Waals surface area contributed by atoms with Gasteiger partial charge < -0.3 is 20.1 Å². The lowest BCUT2D eigenvalue weighted by Gasteiger charge is -2.30. The third-order valence-corrected chi connectivity index (χ3v) is 4.67. The Hall–Kier alpha value is -3.00. The highest BCUT2D eigenvalue weighted by Crippen LogP contribution is 2.09. The van der Waals surface area contributed by atoms with E-state index in [-0.39, 0.29) is 18.2 Å². The lowest BCUT2D eigenvalue weighted by atomic mass is 10.1. The highest BCUT2D eigenvalue weighted by atomic mass is 19.1. The lowest BCUT2D eigenvalue weighted by molar-refractivity contribution is -0.116. The number of rotatable bonds is 5. The van der Waals surface area contributed by atoms with Crippen LogP contribution in [-0.4, -0.2) is 47.5 Å². The van der Waals surface area contributed by atoms with Gasteiger partial charge in [-0.15, -0.1) is 0 Å². The van der Waals surface area contributed by atoms with Crippen molar-refractivity contribution in [3.63, 3.8) is 0 Å². The van der Waals surface area contributed by atoms with Gasteiger partial charge in [-0.3, -0.25) is 14.4 Å². The molecule has 1 aromatic carbocycles. The van der Waals surface area contributed by atoms with Gasteiger partial charge in [-0.25, -0.2) is 4.39 Å². The van der Waals surface area contributed by atoms with Crippen molar-refractivity contribution in [3.05, 3.63) is 64.3 Å². The van der Waals surface area contributed by atoms with E-state index in [1.165, 1.54) is 41.1 Å². The van der Waals surface area contributed by atoms with E-state index in [0.717, 1.165) is 25.9 Å². The Kier molecular flexibility index (Phi) is 6.20. The van der Waals surface area contributed by atoms with Crippen LogP contribution in [0.4, 0.5) is 10.1 Å². The lowest BCUT2D eigenvalue weighted by Crippen LogP contribution is -2.47. The van der Waals surface area contributed by atoms with Gasteiger partial charge in [-0.2, -0.15) is 0 Å². The van der Waals surface area contributed by atoms with Crippen LogP contribution in [0.2, 0.25) is 0 Å². The number of hydrogen-bond donors (Lipinski definition) is 2. The molecule has 0 unspecified atom stereocenters. The van der Waals surface area contributed by atoms with Gasteiger partial charge in [0.25, 0.3) is 11.5 Å². The maximum atomic E-state index is 12.9. The molecule has 1 aliphatic heterocycles. The van der Waals surface area contributed by atoms with Gasteiger partial charge in [-0.05, 0) is 62.8 Å². The number of nitrogens with one attached hydrogen (secondary N) is 2. The third kappa shape index (κ3) is 5.04. The molecule has 1 atom stereocenters. The average Bonchev–Trinajstić information content (AvgIpc) is 2.65. The molecule has 0 aliphatic carbocycles. The van der Waals surface area contributed by atoms with Gasteiger partial charge in [0.15, 0.2) is 0 Å². The summed E-state index contributed by atoms with van der Waals surface area (Å²) in [5, 5.41) is 5.49. The van der Waals surface area contributed by atoms with Crippen LogP contribution < -0.4 is 16.2 Å². The van der Waals surface area contributed by atoms with Gasteiger partial charge in [0, 0.05) is 24.5 Å². The third-order valence-electron chi connectivity index (χ3n) is 4.67. The molecule has 2 amide bonds. The number of benzene rings is 1. The first-order valence-corrected chi connectivity index (χ1v) is 9.16. The predicted octanol–water partition coefficient (Wildman–Crippen LogP) is 1.45. The summed E-state index contributed by atoms with van der Waals surface area (Å²) < 4.78 is 14.1. The summed E-state index contributed by atoms with van der Waals surface area (Å²) in [5.74, 6) is -1.28. The van der Waals surface area contributed by atoms with Gasteiger partial charge in [0.1, 0.15) is 17.9 Å². The van der Waals surface area contributed by atoms with E-state index in [0.29, 0.717) is 5.69 Å². The zero-order valence-electron chi connectivity index (χ0n) is 15.7. The molecule has 3 rings (SSSR count). The summed E-state index contributed by atoms with van der Waals surface area (Å²) >= 11 is 0. The zero-order valence-corrected chi connectivity index (χ0v) is 15.7. The minimum absolute atomic E-state index is 0.00100. The maximum absolute atomic E-state index is 12.9. The summed E-state index contributed by atoms with van der Waals surface area (Å²) in [7, 11) is 1.99. The van der Waals surface area contributed by atoms with Crippen LogP contribution >= 0.6 is 0 Å². The minimum atomic E-state index is -0.529. The summed E-state index contributed by atoms with van der Waals surface area (Å²) in [6.45, 7) is 1.49. The number of likely N-dealkylation sites (N-methyl/N-ethyl adjacent to an activating group) is 1. The SMILES string of the molecule is CN1CCC[C@@H](NC(=O)c2cccn(CC(=O)Nc3ccc(F)cc3)c2=O)C1. The number of nitrogens with zero attached hydrogens (tertiary/aromatic N) is 2. The fourth-order valence-corrected chi connectivity index (χ4v) is 3.27. The van der Waals surface area contributed by atoms with Crippen molar-refractivity contribution in [2.24, 2.45) is 0 Å². The number of halogens is 1. The number of piperidine rings is 1. The minimum Gasteiger partial charge on any atom is -0.348 e. The molecule has 1 aliphatic rings. The van der Waals surface area contributed by atoms with Gasteiger partial charge in [0.2, 0.25) is 5.91 Å². The molecule has 0 saturated carbocycles. The van der Waals surface area contributed by atoms with E-state index < -0.39 is 23.2 Å². The summed E-state index contributed by atoms with van der Waals surface area (Å²) in [6.07, 6.45) is 3.32. The van der Waals surface area contributed by atoms with Crippen LogP contribution in [0.15, 0.2) is 47.4 Å². The van der Waals surface area contributed by atoms with Gasteiger partial charge in [0.05, 0.1) is 0 Å². The van der Waals surface area contributed by atoms with E-state index in [1.54, 1.807) is 6.07 Å². The van der Waals surface area contributed by atoms with Crippen LogP contribution in [0.3, 0.4) is 0 Å². The molecule has 2 heterocycles. The monoisotopic (exact) mass is 386 g/mol. The highest BCUT2D eigenvalue weighted by Gasteiger charge is 2.21. The molecule has 1 aromatic heterocycles. The van der Waals surface area contributed by atoms with Crippen molar-refractivity contribution in [3.8, 4) is 0 Å². The molecule has 28 heavy (non-hydrogen) atoms. The van der Waals surface area contributed by atoms with Crippen LogP contribution in [0.1, 0.15) is 23.2 Å². The number of hydrogen-bond acceptors (Lipinski definition) is 4. The van der Waals surface area contributed by atoms with Crippen molar-refractivity contribution in [2.75, 3.05) is 25.5 Å². The first kappa shape index (κ1) is 19.8. The first-order chi connectivity index (χ1) is 13.4. The topological polar surface area (TPSA) is 83.4 Å². The first-order valence-electron chi connectivity index (χ1n) is 9.16. The van der Waals surface area contributed by atoms with Gasteiger partial charge >= 0.3 is 0 Å². The summed E-state index contributed by atoms with van der Waals surface area (Å²) in [4.78, 5) is 39.5. The number of aromatic nitrogens is 1. The second-order valence-electron chi connectivity index (χ2n) is 6.98. The number of likely N-dealkylation sites (tertiary alicyclic amines) is 1. The van der Waals surface area contributed by atoms with E-state index in [4.69, 9.17) is 0 Å². The second-order valence-corrected chi connectivity index (χ2v) is 6.98. The van der Waals surface area contributed by atoms with E-state index in [9.17, 15) is 18.8 Å². The Labute approximate surface area is 162 Å². The summed E-state index contributed by atoms with van der Waals surface area (Å²) in [5.41, 5.74) is -0.0986. The maximum Gasteiger partial charge on any atom is 0.263 e. The van der Waals surface area contributed by atoms with Gasteiger partial charge in [-0.1, -0.05) is 0 Å². The number of amides is 2. The van der Waals surface area contributed by atoms with Crippen LogP contribution in [0.25, 0.3) is 0 Å². The zero-order chi connectivity index (χ0) is 20.1. The molecule has 1 fully saturated rings. The van der Waals surface area contributed by atoms with Crippen molar-refractivity contribution in [1.82, 2.24) is 14.8 Å². The molecule has 0 radical (unpaired) electrons. The van der Waals surface area contributed by atoms with E-state index >= 15 is 0 Å². The van der Waals surface area contributed by atoms with Crippen LogP contribution in [0.5, 0.6) is 0 Å². The largest absolute Gasteiger partial charge is 0.348 e. The predicted molar refractivity (Wildman–Crippen MR) is 104 cm³/mol. The molecule has 8 heteroatoms. The molecule has 2 aromatic rings. The standard InChI is InChI=1S/C20H23FN4O3/c1-24-10-2-4-16(12-24)23-19(27)17-5-3-11-25(20(17)28)13-18(26)22-15-8-6-14(21)7-9-15/h3,5-9,11,16H,2,4,10,12-13H2,1H3,(H,22,26)(H,23,27)/t16-/m1/s1.